The first-order valence-electron chi connectivity index (χ1n) is 4.20. The summed E-state index contributed by atoms with van der Waals surface area (Å²) in [4.78, 5) is 0. The van der Waals surface area contributed by atoms with E-state index >= 15 is 0 Å². The minimum atomic E-state index is -0.602. The molecule has 0 bridgehead atoms. The molecular formula is C9H18O3. The lowest BCUT2D eigenvalue weighted by atomic mass is 9.80. The predicted molar refractivity (Wildman–Crippen MR) is 47.7 cm³/mol. The van der Waals surface area contributed by atoms with Crippen LogP contribution in [0.15, 0.2) is 12.2 Å². The average molecular weight is 174 g/mol. The monoisotopic (exact) mass is 174 g/mol. The molecule has 0 aliphatic heterocycles. The Morgan fingerprint density at radius 3 is 2.25 bits per heavy atom. The van der Waals surface area contributed by atoms with Crippen LogP contribution < -0.4 is 0 Å². The number of hydrogen-bond acceptors (Lipinski definition) is 3. The summed E-state index contributed by atoms with van der Waals surface area (Å²) in [7, 11) is 0. The third-order valence-electron chi connectivity index (χ3n) is 2.34. The standard InChI is InChI=1S/C9H18O3/c1-3-9(7-11,8(2)12)5-4-6-10/h4-5,8,10-12H,3,6-7H2,1-2H3/b5-4+/t8?,9-/m1/s1. The van der Waals surface area contributed by atoms with Gasteiger partial charge in [-0.2, -0.15) is 0 Å². The molecule has 0 rings (SSSR count). The molecule has 0 heterocycles. The highest BCUT2D eigenvalue weighted by molar-refractivity contribution is 5.02. The van der Waals surface area contributed by atoms with Gasteiger partial charge in [-0.15, -0.1) is 0 Å². The summed E-state index contributed by atoms with van der Waals surface area (Å²) in [5, 5.41) is 27.0. The van der Waals surface area contributed by atoms with Gasteiger partial charge in [0, 0.05) is 5.41 Å². The van der Waals surface area contributed by atoms with Crippen molar-refractivity contribution in [1.29, 1.82) is 0 Å². The molecule has 0 saturated carbocycles. The van der Waals surface area contributed by atoms with Crippen LogP contribution in [0.1, 0.15) is 20.3 Å². The van der Waals surface area contributed by atoms with Crippen LogP contribution in [0.4, 0.5) is 0 Å². The molecule has 2 atom stereocenters. The highest BCUT2D eigenvalue weighted by atomic mass is 16.3. The molecule has 0 amide bonds. The molecule has 0 spiro atoms. The largest absolute Gasteiger partial charge is 0.395 e. The normalized spacial score (nSPS) is 19.4. The maximum Gasteiger partial charge on any atom is 0.0624 e. The van der Waals surface area contributed by atoms with Crippen molar-refractivity contribution in [2.45, 2.75) is 26.4 Å². The van der Waals surface area contributed by atoms with Crippen LogP contribution in [0.2, 0.25) is 0 Å². The van der Waals surface area contributed by atoms with Crippen molar-refractivity contribution in [3.05, 3.63) is 12.2 Å². The van der Waals surface area contributed by atoms with Crippen molar-refractivity contribution in [1.82, 2.24) is 0 Å². The van der Waals surface area contributed by atoms with E-state index in [-0.39, 0.29) is 13.2 Å². The Hall–Kier alpha value is -0.380. The van der Waals surface area contributed by atoms with E-state index in [9.17, 15) is 5.11 Å². The fourth-order valence-electron chi connectivity index (χ4n) is 1.14. The van der Waals surface area contributed by atoms with E-state index < -0.39 is 11.5 Å². The molecule has 72 valence electrons. The fourth-order valence-corrected chi connectivity index (χ4v) is 1.14. The third kappa shape index (κ3) is 2.59. The van der Waals surface area contributed by atoms with Gasteiger partial charge in [0.15, 0.2) is 0 Å². The van der Waals surface area contributed by atoms with Crippen LogP contribution in [-0.4, -0.2) is 34.6 Å². The second kappa shape index (κ2) is 5.30. The Labute approximate surface area is 73.4 Å². The zero-order chi connectivity index (χ0) is 9.61. The van der Waals surface area contributed by atoms with E-state index in [0.29, 0.717) is 6.42 Å². The number of aliphatic hydroxyl groups is 3. The molecule has 0 aromatic rings. The van der Waals surface area contributed by atoms with E-state index in [0.717, 1.165) is 0 Å². The molecule has 0 radical (unpaired) electrons. The zero-order valence-corrected chi connectivity index (χ0v) is 7.70. The minimum absolute atomic E-state index is 0.0610. The summed E-state index contributed by atoms with van der Waals surface area (Å²) in [5.41, 5.74) is -0.595. The van der Waals surface area contributed by atoms with Crippen molar-refractivity contribution >= 4 is 0 Å². The van der Waals surface area contributed by atoms with Gasteiger partial charge in [-0.3, -0.25) is 0 Å². The molecule has 1 unspecified atom stereocenters. The fraction of sp³-hybridized carbons (Fsp3) is 0.778. The Balaban J connectivity index is 4.46. The van der Waals surface area contributed by atoms with Crippen LogP contribution >= 0.6 is 0 Å². The van der Waals surface area contributed by atoms with Crippen LogP contribution in [0.5, 0.6) is 0 Å². The minimum Gasteiger partial charge on any atom is -0.395 e. The number of hydrogen-bond donors (Lipinski definition) is 3. The van der Waals surface area contributed by atoms with Gasteiger partial charge in [-0.05, 0) is 13.3 Å². The first-order valence-corrected chi connectivity index (χ1v) is 4.20. The first-order chi connectivity index (χ1) is 5.63. The predicted octanol–water partition coefficient (Wildman–Crippen LogP) is 0.304. The molecule has 3 N–H and O–H groups in total. The van der Waals surface area contributed by atoms with Gasteiger partial charge in [0.05, 0.1) is 19.3 Å². The second-order valence-electron chi connectivity index (χ2n) is 3.01. The van der Waals surface area contributed by atoms with Gasteiger partial charge < -0.3 is 15.3 Å². The summed E-state index contributed by atoms with van der Waals surface area (Å²) in [5.74, 6) is 0. The van der Waals surface area contributed by atoms with Crippen molar-refractivity contribution in [3.8, 4) is 0 Å². The van der Waals surface area contributed by atoms with Crippen LogP contribution in [0, 0.1) is 5.41 Å². The Morgan fingerprint density at radius 2 is 2.00 bits per heavy atom. The zero-order valence-electron chi connectivity index (χ0n) is 7.70. The van der Waals surface area contributed by atoms with Gasteiger partial charge >= 0.3 is 0 Å². The quantitative estimate of drug-likeness (QED) is 0.525. The highest BCUT2D eigenvalue weighted by Crippen LogP contribution is 2.27. The SMILES string of the molecule is CC[C@@](/C=C/CO)(CO)C(C)O. The molecule has 0 aromatic heterocycles. The molecular weight excluding hydrogens is 156 g/mol. The number of aliphatic hydroxyl groups excluding tert-OH is 3. The van der Waals surface area contributed by atoms with Crippen molar-refractivity contribution in [3.63, 3.8) is 0 Å². The highest BCUT2D eigenvalue weighted by Gasteiger charge is 2.29. The summed E-state index contributed by atoms with van der Waals surface area (Å²) in [6.45, 7) is 3.37. The van der Waals surface area contributed by atoms with Gasteiger partial charge in [0.25, 0.3) is 0 Å². The molecule has 0 fully saturated rings. The van der Waals surface area contributed by atoms with Crippen molar-refractivity contribution in [2.24, 2.45) is 5.41 Å². The van der Waals surface area contributed by atoms with E-state index in [4.69, 9.17) is 10.2 Å². The topological polar surface area (TPSA) is 60.7 Å². The molecule has 0 saturated heterocycles. The second-order valence-corrected chi connectivity index (χ2v) is 3.01. The van der Waals surface area contributed by atoms with E-state index in [1.807, 2.05) is 6.92 Å². The van der Waals surface area contributed by atoms with Gasteiger partial charge in [0.1, 0.15) is 0 Å². The van der Waals surface area contributed by atoms with Gasteiger partial charge in [-0.1, -0.05) is 19.1 Å². The first kappa shape index (κ1) is 11.6. The van der Waals surface area contributed by atoms with E-state index in [2.05, 4.69) is 0 Å². The molecule has 3 nitrogen and oxygen atoms in total. The molecule has 3 heteroatoms. The van der Waals surface area contributed by atoms with Crippen LogP contribution in [-0.2, 0) is 0 Å². The average Bonchev–Trinajstić information content (AvgIpc) is 2.07. The summed E-state index contributed by atoms with van der Waals surface area (Å²) in [6.07, 6.45) is 3.28. The Morgan fingerprint density at radius 1 is 1.42 bits per heavy atom. The maximum absolute atomic E-state index is 9.40. The summed E-state index contributed by atoms with van der Waals surface area (Å²) >= 11 is 0. The van der Waals surface area contributed by atoms with Crippen LogP contribution in [0.3, 0.4) is 0 Å². The molecule has 0 aliphatic rings. The maximum atomic E-state index is 9.40. The van der Waals surface area contributed by atoms with Gasteiger partial charge in [0.2, 0.25) is 0 Å². The third-order valence-corrected chi connectivity index (χ3v) is 2.34. The lowest BCUT2D eigenvalue weighted by molar-refractivity contribution is 0.0251. The van der Waals surface area contributed by atoms with Crippen LogP contribution in [0.25, 0.3) is 0 Å². The Bertz CT molecular complexity index is 137. The molecule has 0 aliphatic carbocycles. The molecule has 0 aromatic carbocycles. The van der Waals surface area contributed by atoms with E-state index in [1.54, 1.807) is 19.1 Å². The number of rotatable bonds is 5. The lowest BCUT2D eigenvalue weighted by Gasteiger charge is -2.30. The summed E-state index contributed by atoms with van der Waals surface area (Å²) < 4.78 is 0. The van der Waals surface area contributed by atoms with Crippen molar-refractivity contribution < 1.29 is 15.3 Å². The lowest BCUT2D eigenvalue weighted by Crippen LogP contribution is -2.34. The van der Waals surface area contributed by atoms with Gasteiger partial charge in [-0.25, -0.2) is 0 Å². The van der Waals surface area contributed by atoms with Crippen molar-refractivity contribution in [2.75, 3.05) is 13.2 Å². The Kier molecular flexibility index (Phi) is 5.13. The smallest absolute Gasteiger partial charge is 0.0624 e. The molecule has 12 heavy (non-hydrogen) atoms. The summed E-state index contributed by atoms with van der Waals surface area (Å²) in [6, 6.07) is 0. The van der Waals surface area contributed by atoms with E-state index in [1.165, 1.54) is 0 Å².